The Balaban J connectivity index is 2.26. The number of aromatic amines is 1. The Morgan fingerprint density at radius 3 is 2.35 bits per heavy atom. The molecule has 0 aliphatic carbocycles. The van der Waals surface area contributed by atoms with Crippen molar-refractivity contribution < 1.29 is 36.2 Å². The van der Waals surface area contributed by atoms with Crippen LogP contribution in [0.25, 0.3) is 0 Å². The summed E-state index contributed by atoms with van der Waals surface area (Å²) < 4.78 is 81.2. The van der Waals surface area contributed by atoms with Crippen molar-refractivity contribution in [2.24, 2.45) is 5.92 Å². The van der Waals surface area contributed by atoms with Crippen molar-refractivity contribution in [1.82, 2.24) is 9.88 Å². The highest BCUT2D eigenvalue weighted by Crippen LogP contribution is 2.59. The zero-order chi connectivity index (χ0) is 25.7. The highest BCUT2D eigenvalue weighted by molar-refractivity contribution is 5.94. The smallest absolute Gasteiger partial charge is 0.417 e. The zero-order valence-electron chi connectivity index (χ0n) is 19.4. The van der Waals surface area contributed by atoms with E-state index in [4.69, 9.17) is 9.47 Å². The summed E-state index contributed by atoms with van der Waals surface area (Å²) >= 11 is 0. The Morgan fingerprint density at radius 1 is 1.24 bits per heavy atom. The number of hydrogen-bond acceptors (Lipinski definition) is 4. The van der Waals surface area contributed by atoms with Crippen LogP contribution >= 0.6 is 0 Å². The second-order valence-electron chi connectivity index (χ2n) is 8.73. The third-order valence-electron chi connectivity index (χ3n) is 6.48. The number of ether oxygens (including phenoxy) is 2. The predicted molar refractivity (Wildman–Crippen MR) is 113 cm³/mol. The minimum absolute atomic E-state index is 0.0329. The highest BCUT2D eigenvalue weighted by atomic mass is 19.4. The molecule has 1 aliphatic rings. The number of aryl methyl sites for hydroxylation is 1. The molecule has 11 heteroatoms. The highest BCUT2D eigenvalue weighted by Gasteiger charge is 2.65. The number of aromatic nitrogens is 1. The number of benzene rings is 1. The third kappa shape index (κ3) is 3.95. The maximum absolute atomic E-state index is 14.5. The van der Waals surface area contributed by atoms with Gasteiger partial charge in [-0.15, -0.1) is 0 Å². The van der Waals surface area contributed by atoms with Gasteiger partial charge in [-0.1, -0.05) is 13.0 Å². The van der Waals surface area contributed by atoms with E-state index >= 15 is 0 Å². The van der Waals surface area contributed by atoms with Gasteiger partial charge in [-0.25, -0.2) is 4.39 Å². The Bertz CT molecular complexity index is 1180. The number of alkyl halides is 3. The lowest BCUT2D eigenvalue weighted by molar-refractivity contribution is -0.275. The van der Waals surface area contributed by atoms with Gasteiger partial charge in [-0.05, 0) is 19.9 Å². The van der Waals surface area contributed by atoms with Crippen LogP contribution in [0.5, 0.6) is 5.75 Å². The van der Waals surface area contributed by atoms with E-state index < -0.39 is 58.4 Å². The van der Waals surface area contributed by atoms with Gasteiger partial charge in [0.2, 0.25) is 5.82 Å². The Hall–Kier alpha value is -2.95. The van der Waals surface area contributed by atoms with Crippen molar-refractivity contribution in [3.05, 3.63) is 62.6 Å². The lowest BCUT2D eigenvalue weighted by atomic mass is 9.76. The molecule has 6 nitrogen and oxygen atoms in total. The summed E-state index contributed by atoms with van der Waals surface area (Å²) in [4.78, 5) is 29.2. The van der Waals surface area contributed by atoms with Crippen molar-refractivity contribution in [1.29, 1.82) is 0 Å². The second kappa shape index (κ2) is 8.68. The monoisotopic (exact) mass is 488 g/mol. The summed E-state index contributed by atoms with van der Waals surface area (Å²) in [6.07, 6.45) is -6.23. The normalized spacial score (nSPS) is 24.9. The average molecular weight is 488 g/mol. The molecular weight excluding hydrogens is 463 g/mol. The van der Waals surface area contributed by atoms with Gasteiger partial charge in [0.1, 0.15) is 11.7 Å². The molecule has 2 aromatic rings. The molecule has 0 saturated carbocycles. The van der Waals surface area contributed by atoms with E-state index in [-0.39, 0.29) is 22.5 Å². The molecule has 2 heterocycles. The number of halogens is 5. The molecule has 4 atom stereocenters. The molecular formula is C23H25F5N2O4. The number of pyridine rings is 1. The van der Waals surface area contributed by atoms with Gasteiger partial charge in [0.05, 0.1) is 7.11 Å². The van der Waals surface area contributed by atoms with Crippen LogP contribution in [0.4, 0.5) is 22.0 Å². The maximum atomic E-state index is 14.5. The average Bonchev–Trinajstić information content (AvgIpc) is 3.01. The van der Waals surface area contributed by atoms with Crippen LogP contribution in [-0.2, 0) is 4.74 Å². The van der Waals surface area contributed by atoms with E-state index in [0.29, 0.717) is 0 Å². The van der Waals surface area contributed by atoms with Crippen molar-refractivity contribution in [3.63, 3.8) is 0 Å². The summed E-state index contributed by atoms with van der Waals surface area (Å²) in [6, 6.07) is 2.95. The summed E-state index contributed by atoms with van der Waals surface area (Å²) in [5.74, 6) is -6.16. The topological polar surface area (TPSA) is 71.6 Å². The van der Waals surface area contributed by atoms with Crippen LogP contribution in [0.1, 0.15) is 53.2 Å². The summed E-state index contributed by atoms with van der Waals surface area (Å²) in [5, 5.41) is 0. The number of amides is 1. The van der Waals surface area contributed by atoms with Gasteiger partial charge in [-0.3, -0.25) is 9.59 Å². The lowest BCUT2D eigenvalue weighted by Crippen LogP contribution is -2.46. The molecule has 3 rings (SSSR count). The number of rotatable bonds is 4. The molecule has 1 N–H and O–H groups in total. The van der Waals surface area contributed by atoms with E-state index in [1.165, 1.54) is 32.8 Å². The first-order valence-corrected chi connectivity index (χ1v) is 10.4. The van der Waals surface area contributed by atoms with Crippen LogP contribution in [0.2, 0.25) is 0 Å². The fraction of sp³-hybridized carbons (Fsp3) is 0.478. The Kier molecular flexibility index (Phi) is 6.55. The molecule has 0 radical (unpaired) electrons. The molecule has 1 fully saturated rings. The molecule has 34 heavy (non-hydrogen) atoms. The number of nitrogens with one attached hydrogen (secondary N) is 1. The zero-order valence-corrected chi connectivity index (χ0v) is 19.4. The summed E-state index contributed by atoms with van der Waals surface area (Å²) in [7, 11) is 3.99. The summed E-state index contributed by atoms with van der Waals surface area (Å²) in [5.41, 5.74) is -3.50. The standard InChI is InChI=1S/C23H25F5N2O4/c1-10-16(12-7-8-13(24)18(25)19(12)33-6)20(34-22(10,3)23(26,27)28)14-9-15(31)17(11(2)29-14)21(32)30(4)5/h7-10,16,20H,1-6H3,(H,29,31)/t10-,16-,20-,22+/m0/s1. The maximum Gasteiger partial charge on any atom is 0.417 e. The minimum Gasteiger partial charge on any atom is -0.493 e. The lowest BCUT2D eigenvalue weighted by Gasteiger charge is -2.32. The number of H-pyrrole nitrogens is 1. The fourth-order valence-corrected chi connectivity index (χ4v) is 4.44. The molecule has 1 saturated heterocycles. The van der Waals surface area contributed by atoms with Gasteiger partial charge >= 0.3 is 6.18 Å². The van der Waals surface area contributed by atoms with Crippen molar-refractivity contribution in [2.75, 3.05) is 21.2 Å². The Morgan fingerprint density at radius 2 is 1.85 bits per heavy atom. The van der Waals surface area contributed by atoms with Gasteiger partial charge in [0, 0.05) is 48.9 Å². The molecule has 0 spiro atoms. The number of methoxy groups -OCH3 is 1. The largest absolute Gasteiger partial charge is 0.493 e. The molecule has 1 aromatic carbocycles. The van der Waals surface area contributed by atoms with Crippen LogP contribution < -0.4 is 10.2 Å². The van der Waals surface area contributed by atoms with E-state index in [2.05, 4.69) is 4.98 Å². The number of hydrogen-bond donors (Lipinski definition) is 1. The molecule has 1 aromatic heterocycles. The predicted octanol–water partition coefficient (Wildman–Crippen LogP) is 4.48. The molecule has 1 amide bonds. The number of carbonyl (C=O) groups is 1. The van der Waals surface area contributed by atoms with Gasteiger partial charge in [0.25, 0.3) is 5.91 Å². The van der Waals surface area contributed by atoms with E-state index in [0.717, 1.165) is 32.2 Å². The van der Waals surface area contributed by atoms with E-state index in [9.17, 15) is 31.5 Å². The second-order valence-corrected chi connectivity index (χ2v) is 8.73. The van der Waals surface area contributed by atoms with Crippen LogP contribution in [0, 0.1) is 24.5 Å². The van der Waals surface area contributed by atoms with Crippen molar-refractivity contribution in [2.45, 2.75) is 44.6 Å². The minimum atomic E-state index is -4.82. The quantitative estimate of drug-likeness (QED) is 0.645. The molecule has 0 bridgehead atoms. The number of nitrogens with zero attached hydrogens (tertiary/aromatic N) is 1. The van der Waals surface area contributed by atoms with Crippen LogP contribution in [0.3, 0.4) is 0 Å². The molecule has 0 unspecified atom stereocenters. The third-order valence-corrected chi connectivity index (χ3v) is 6.48. The number of carbonyl (C=O) groups excluding carboxylic acids is 1. The van der Waals surface area contributed by atoms with Crippen molar-refractivity contribution in [3.8, 4) is 5.75 Å². The van der Waals surface area contributed by atoms with Crippen LogP contribution in [-0.4, -0.2) is 48.8 Å². The first-order valence-electron chi connectivity index (χ1n) is 10.4. The molecule has 186 valence electrons. The summed E-state index contributed by atoms with van der Waals surface area (Å²) in [6.45, 7) is 3.59. The van der Waals surface area contributed by atoms with E-state index in [1.54, 1.807) is 0 Å². The van der Waals surface area contributed by atoms with Crippen molar-refractivity contribution >= 4 is 5.91 Å². The Labute approximate surface area is 192 Å². The van der Waals surface area contributed by atoms with E-state index in [1.807, 2.05) is 0 Å². The SMILES string of the molecule is COc1c([C@H]2[C@H](c3cc(=O)c(C(=O)N(C)C)c(C)[nH]3)O[C@@](C)(C(F)(F)F)[C@H]2C)ccc(F)c1F. The molecule has 1 aliphatic heterocycles. The first kappa shape index (κ1) is 25.7. The van der Waals surface area contributed by atoms with Gasteiger partial charge in [0.15, 0.2) is 22.6 Å². The van der Waals surface area contributed by atoms with Crippen LogP contribution in [0.15, 0.2) is 23.0 Å². The first-order chi connectivity index (χ1) is 15.7. The van der Waals surface area contributed by atoms with Gasteiger partial charge < -0.3 is 19.4 Å². The van der Waals surface area contributed by atoms with Gasteiger partial charge in [-0.2, -0.15) is 17.6 Å². The fourth-order valence-electron chi connectivity index (χ4n) is 4.44.